The van der Waals surface area contributed by atoms with E-state index in [0.717, 1.165) is 16.2 Å². The van der Waals surface area contributed by atoms with Crippen LogP contribution in [0, 0.1) is 5.92 Å². The second kappa shape index (κ2) is 7.56. The van der Waals surface area contributed by atoms with Crippen LogP contribution in [0.5, 0.6) is 5.75 Å². The quantitative estimate of drug-likeness (QED) is 0.625. The highest BCUT2D eigenvalue weighted by molar-refractivity contribution is 6.40. The monoisotopic (exact) mass is 432 g/mol. The highest BCUT2D eigenvalue weighted by Crippen LogP contribution is 2.35. The van der Waals surface area contributed by atoms with E-state index in [9.17, 15) is 14.4 Å². The summed E-state index contributed by atoms with van der Waals surface area (Å²) in [6.07, 6.45) is 0.586. The second-order valence-corrected chi connectivity index (χ2v) is 7.87. The van der Waals surface area contributed by atoms with Gasteiger partial charge < -0.3 is 10.1 Å². The highest BCUT2D eigenvalue weighted by Gasteiger charge is 2.37. The lowest BCUT2D eigenvalue weighted by Crippen LogP contribution is -2.32. The molecule has 3 aromatic carbocycles. The number of fused-ring (bicyclic) bond motifs is 2. The predicted octanol–water partition coefficient (Wildman–Crippen LogP) is 4.33. The molecule has 154 valence electrons. The molecule has 1 unspecified atom stereocenters. The first kappa shape index (κ1) is 19.3. The van der Waals surface area contributed by atoms with Crippen LogP contribution >= 0.6 is 11.6 Å². The lowest BCUT2D eigenvalue weighted by atomic mass is 9.96. The Labute approximate surface area is 183 Å². The van der Waals surface area contributed by atoms with Crippen LogP contribution in [0.1, 0.15) is 26.3 Å². The number of imide groups is 1. The maximum atomic E-state index is 12.7. The van der Waals surface area contributed by atoms with Gasteiger partial charge in [-0.2, -0.15) is 0 Å². The molecule has 0 radical (unpaired) electrons. The van der Waals surface area contributed by atoms with Gasteiger partial charge in [0.15, 0.2) is 0 Å². The molecule has 0 aromatic heterocycles. The van der Waals surface area contributed by atoms with Gasteiger partial charge in [0.05, 0.1) is 27.8 Å². The number of rotatable bonds is 3. The zero-order chi connectivity index (χ0) is 21.5. The Balaban J connectivity index is 1.33. The fourth-order valence-corrected chi connectivity index (χ4v) is 4.18. The van der Waals surface area contributed by atoms with E-state index in [1.807, 2.05) is 24.3 Å². The number of hydrogen-bond donors (Lipinski definition) is 1. The van der Waals surface area contributed by atoms with Gasteiger partial charge >= 0.3 is 0 Å². The Hall–Kier alpha value is -3.64. The molecule has 3 amide bonds. The number of ether oxygens (including phenoxy) is 1. The van der Waals surface area contributed by atoms with Gasteiger partial charge in [0, 0.05) is 5.69 Å². The van der Waals surface area contributed by atoms with Crippen molar-refractivity contribution in [3.05, 3.63) is 88.4 Å². The number of benzene rings is 3. The first-order chi connectivity index (χ1) is 15.0. The minimum atomic E-state index is -0.419. The molecule has 3 aromatic rings. The zero-order valence-electron chi connectivity index (χ0n) is 16.3. The lowest BCUT2D eigenvalue weighted by Gasteiger charge is -2.24. The molecule has 0 saturated carbocycles. The standard InChI is InChI=1S/C24H17ClN2O4/c25-19-12-16(26-22(28)15-11-14-5-1-4-8-21(14)31-13-15)9-10-20(19)27-23(29)17-6-2-3-7-18(17)24(27)30/h1-10,12,15H,11,13H2,(H,26,28). The molecule has 7 heteroatoms. The van der Waals surface area contributed by atoms with Crippen molar-refractivity contribution < 1.29 is 19.1 Å². The van der Waals surface area contributed by atoms with E-state index in [1.165, 1.54) is 6.07 Å². The van der Waals surface area contributed by atoms with E-state index in [2.05, 4.69) is 5.32 Å². The fourth-order valence-electron chi connectivity index (χ4n) is 3.91. The van der Waals surface area contributed by atoms with Gasteiger partial charge in [-0.05, 0) is 48.4 Å². The Morgan fingerprint density at radius 1 is 0.968 bits per heavy atom. The number of nitrogens with one attached hydrogen (secondary N) is 1. The van der Waals surface area contributed by atoms with Crippen LogP contribution in [0.15, 0.2) is 66.7 Å². The SMILES string of the molecule is O=C(Nc1ccc(N2C(=O)c3ccccc3C2=O)c(Cl)c1)C1COc2ccccc2C1. The summed E-state index contributed by atoms with van der Waals surface area (Å²) in [4.78, 5) is 39.2. The predicted molar refractivity (Wildman–Crippen MR) is 117 cm³/mol. The fraction of sp³-hybridized carbons (Fsp3) is 0.125. The lowest BCUT2D eigenvalue weighted by molar-refractivity contribution is -0.121. The number of nitrogens with zero attached hydrogens (tertiary/aromatic N) is 1. The van der Waals surface area contributed by atoms with Gasteiger partial charge in [-0.15, -0.1) is 0 Å². The average Bonchev–Trinajstić information content (AvgIpc) is 3.04. The summed E-state index contributed by atoms with van der Waals surface area (Å²) >= 11 is 6.40. The molecular formula is C24H17ClN2O4. The molecule has 1 atom stereocenters. The van der Waals surface area contributed by atoms with Crippen molar-refractivity contribution in [1.82, 2.24) is 0 Å². The number of carbonyl (C=O) groups excluding carboxylic acids is 3. The van der Waals surface area contributed by atoms with E-state index in [-0.39, 0.29) is 22.5 Å². The van der Waals surface area contributed by atoms with Crippen molar-refractivity contribution >= 4 is 40.7 Å². The van der Waals surface area contributed by atoms with Crippen molar-refractivity contribution in [3.8, 4) is 5.75 Å². The molecule has 2 heterocycles. The van der Waals surface area contributed by atoms with E-state index in [4.69, 9.17) is 16.3 Å². The number of anilines is 2. The summed E-state index contributed by atoms with van der Waals surface area (Å²) in [5.74, 6) is -0.543. The summed E-state index contributed by atoms with van der Waals surface area (Å²) < 4.78 is 5.69. The van der Waals surface area contributed by atoms with Crippen LogP contribution in [0.25, 0.3) is 0 Å². The first-order valence-electron chi connectivity index (χ1n) is 9.82. The molecule has 0 aliphatic carbocycles. The van der Waals surface area contributed by atoms with Crippen LogP contribution in [-0.4, -0.2) is 24.3 Å². The van der Waals surface area contributed by atoms with Gasteiger partial charge in [0.25, 0.3) is 11.8 Å². The van der Waals surface area contributed by atoms with Gasteiger partial charge in [0.2, 0.25) is 5.91 Å². The molecule has 2 aliphatic heterocycles. The second-order valence-electron chi connectivity index (χ2n) is 7.47. The maximum Gasteiger partial charge on any atom is 0.266 e. The molecule has 0 saturated heterocycles. The number of halogens is 1. The van der Waals surface area contributed by atoms with E-state index >= 15 is 0 Å². The van der Waals surface area contributed by atoms with Crippen LogP contribution < -0.4 is 15.0 Å². The molecule has 6 nitrogen and oxygen atoms in total. The summed E-state index contributed by atoms with van der Waals surface area (Å²) in [5.41, 5.74) is 2.44. The Kier molecular flexibility index (Phi) is 4.71. The van der Waals surface area contributed by atoms with Gasteiger partial charge in [0.1, 0.15) is 12.4 Å². The Bertz CT molecular complexity index is 1200. The molecular weight excluding hydrogens is 416 g/mol. The van der Waals surface area contributed by atoms with Crippen molar-refractivity contribution in [3.63, 3.8) is 0 Å². The van der Waals surface area contributed by atoms with Crippen LogP contribution in [-0.2, 0) is 11.2 Å². The first-order valence-corrected chi connectivity index (χ1v) is 10.2. The van der Waals surface area contributed by atoms with Crippen molar-refractivity contribution in [2.75, 3.05) is 16.8 Å². The van der Waals surface area contributed by atoms with Gasteiger partial charge in [-0.1, -0.05) is 41.9 Å². The summed E-state index contributed by atoms with van der Waals surface area (Å²) in [6, 6.07) is 19.0. The van der Waals surface area contributed by atoms with Crippen molar-refractivity contribution in [1.29, 1.82) is 0 Å². The van der Waals surface area contributed by atoms with Crippen LogP contribution in [0.3, 0.4) is 0 Å². The van der Waals surface area contributed by atoms with Gasteiger partial charge in [-0.3, -0.25) is 14.4 Å². The van der Waals surface area contributed by atoms with Crippen LogP contribution in [0.2, 0.25) is 5.02 Å². The third kappa shape index (κ3) is 3.35. The molecule has 0 spiro atoms. The molecule has 2 aliphatic rings. The van der Waals surface area contributed by atoms with E-state index < -0.39 is 11.8 Å². The number of para-hydroxylation sites is 1. The number of amides is 3. The number of hydrogen-bond acceptors (Lipinski definition) is 4. The number of carbonyl (C=O) groups is 3. The maximum absolute atomic E-state index is 12.7. The summed E-state index contributed by atoms with van der Waals surface area (Å²) in [5, 5.41) is 3.04. The summed E-state index contributed by atoms with van der Waals surface area (Å²) in [7, 11) is 0. The van der Waals surface area contributed by atoms with Crippen LogP contribution in [0.4, 0.5) is 11.4 Å². The highest BCUT2D eigenvalue weighted by atomic mass is 35.5. The van der Waals surface area contributed by atoms with Crippen molar-refractivity contribution in [2.45, 2.75) is 6.42 Å². The molecule has 0 fully saturated rings. The minimum absolute atomic E-state index is 0.181. The Morgan fingerprint density at radius 2 is 1.65 bits per heavy atom. The zero-order valence-corrected chi connectivity index (χ0v) is 17.1. The molecule has 0 bridgehead atoms. The average molecular weight is 433 g/mol. The minimum Gasteiger partial charge on any atom is -0.492 e. The molecule has 1 N–H and O–H groups in total. The molecule has 5 rings (SSSR count). The third-order valence-electron chi connectivity index (χ3n) is 5.50. The molecule has 31 heavy (non-hydrogen) atoms. The Morgan fingerprint density at radius 3 is 2.35 bits per heavy atom. The smallest absolute Gasteiger partial charge is 0.266 e. The normalized spacial score (nSPS) is 17.1. The summed E-state index contributed by atoms with van der Waals surface area (Å²) in [6.45, 7) is 0.295. The topological polar surface area (TPSA) is 75.7 Å². The van der Waals surface area contributed by atoms with Crippen molar-refractivity contribution in [2.24, 2.45) is 5.92 Å². The van der Waals surface area contributed by atoms with E-state index in [0.29, 0.717) is 29.8 Å². The van der Waals surface area contributed by atoms with E-state index in [1.54, 1.807) is 36.4 Å². The largest absolute Gasteiger partial charge is 0.492 e. The van der Waals surface area contributed by atoms with Gasteiger partial charge in [-0.25, -0.2) is 4.90 Å². The third-order valence-corrected chi connectivity index (χ3v) is 5.80.